The number of pyridine rings is 2. The third-order valence-corrected chi connectivity index (χ3v) is 4.93. The van der Waals surface area contributed by atoms with E-state index in [4.69, 9.17) is 0 Å². The molecule has 0 aliphatic heterocycles. The quantitative estimate of drug-likeness (QED) is 0.900. The summed E-state index contributed by atoms with van der Waals surface area (Å²) in [4.78, 5) is 21.0. The fraction of sp³-hybridized carbons (Fsp3) is 0.438. The zero-order chi connectivity index (χ0) is 15.0. The summed E-state index contributed by atoms with van der Waals surface area (Å²) < 4.78 is 0.802. The summed E-state index contributed by atoms with van der Waals surface area (Å²) in [6.45, 7) is 4.42. The van der Waals surface area contributed by atoms with E-state index in [1.54, 1.807) is 18.5 Å². The minimum atomic E-state index is -0.0967. The molecule has 3 rings (SSSR count). The van der Waals surface area contributed by atoms with Crippen LogP contribution in [0, 0.1) is 5.41 Å². The molecule has 1 amide bonds. The van der Waals surface area contributed by atoms with Crippen molar-refractivity contribution < 1.29 is 4.79 Å². The van der Waals surface area contributed by atoms with Crippen LogP contribution in [0.25, 0.3) is 10.9 Å². The number of hydrogen-bond donors (Lipinski definition) is 1. The molecule has 0 radical (unpaired) electrons. The topological polar surface area (TPSA) is 54.9 Å². The fourth-order valence-corrected chi connectivity index (χ4v) is 3.40. The molecule has 2 heterocycles. The first-order valence-electron chi connectivity index (χ1n) is 7.18. The van der Waals surface area contributed by atoms with Crippen LogP contribution in [0.5, 0.6) is 0 Å². The third kappa shape index (κ3) is 2.79. The molecule has 1 atom stereocenters. The second-order valence-corrected chi connectivity index (χ2v) is 7.15. The first kappa shape index (κ1) is 14.4. The van der Waals surface area contributed by atoms with Crippen LogP contribution >= 0.6 is 15.9 Å². The molecule has 1 fully saturated rings. The predicted octanol–water partition coefficient (Wildman–Crippen LogP) is 3.70. The van der Waals surface area contributed by atoms with Crippen molar-refractivity contribution in [2.75, 3.05) is 0 Å². The summed E-state index contributed by atoms with van der Waals surface area (Å²) in [5.41, 5.74) is 1.39. The van der Waals surface area contributed by atoms with Gasteiger partial charge in [-0.1, -0.05) is 20.3 Å². The van der Waals surface area contributed by atoms with Crippen molar-refractivity contribution in [3.8, 4) is 0 Å². The summed E-state index contributed by atoms with van der Waals surface area (Å²) in [5.74, 6) is -0.0967. The van der Waals surface area contributed by atoms with Gasteiger partial charge in [0.25, 0.3) is 5.91 Å². The van der Waals surface area contributed by atoms with Crippen LogP contribution in [0.15, 0.2) is 29.0 Å². The maximum Gasteiger partial charge on any atom is 0.270 e. The molecule has 0 bridgehead atoms. The van der Waals surface area contributed by atoms with Gasteiger partial charge in [-0.25, -0.2) is 4.98 Å². The number of nitrogens with one attached hydrogen (secondary N) is 1. The SMILES string of the molecule is CC1(C)CCCC1NC(=O)c1ccc2cncc(Br)c2n1. The Morgan fingerprint density at radius 1 is 1.38 bits per heavy atom. The number of halogens is 1. The second kappa shape index (κ2) is 5.37. The average molecular weight is 348 g/mol. The monoisotopic (exact) mass is 347 g/mol. The summed E-state index contributed by atoms with van der Waals surface area (Å²) in [6.07, 6.45) is 6.80. The highest BCUT2D eigenvalue weighted by Gasteiger charge is 2.35. The van der Waals surface area contributed by atoms with E-state index in [9.17, 15) is 4.79 Å². The van der Waals surface area contributed by atoms with Crippen molar-refractivity contribution >= 4 is 32.7 Å². The van der Waals surface area contributed by atoms with E-state index in [-0.39, 0.29) is 17.4 Å². The van der Waals surface area contributed by atoms with Gasteiger partial charge >= 0.3 is 0 Å². The Bertz CT molecular complexity index is 699. The van der Waals surface area contributed by atoms with Crippen LogP contribution in [0.3, 0.4) is 0 Å². The maximum absolute atomic E-state index is 12.4. The van der Waals surface area contributed by atoms with Gasteiger partial charge in [0.15, 0.2) is 0 Å². The van der Waals surface area contributed by atoms with E-state index in [1.807, 2.05) is 6.07 Å². The Kier molecular flexibility index (Phi) is 3.69. The highest BCUT2D eigenvalue weighted by Crippen LogP contribution is 2.37. The summed E-state index contributed by atoms with van der Waals surface area (Å²) in [5, 5.41) is 4.06. The number of carbonyl (C=O) groups is 1. The lowest BCUT2D eigenvalue weighted by Crippen LogP contribution is -2.41. The molecule has 2 aromatic rings. The van der Waals surface area contributed by atoms with Gasteiger partial charge in [0.05, 0.1) is 9.99 Å². The van der Waals surface area contributed by atoms with Crippen LogP contribution in [0.1, 0.15) is 43.6 Å². The number of carbonyl (C=O) groups excluding carboxylic acids is 1. The zero-order valence-electron chi connectivity index (χ0n) is 12.2. The van der Waals surface area contributed by atoms with Crippen LogP contribution in [-0.2, 0) is 0 Å². The largest absolute Gasteiger partial charge is 0.347 e. The van der Waals surface area contributed by atoms with Crippen LogP contribution in [0.4, 0.5) is 0 Å². The minimum Gasteiger partial charge on any atom is -0.347 e. The smallest absolute Gasteiger partial charge is 0.270 e. The normalized spacial score (nSPS) is 20.6. The van der Waals surface area contributed by atoms with Crippen molar-refractivity contribution in [2.45, 2.75) is 39.2 Å². The van der Waals surface area contributed by atoms with Crippen molar-refractivity contribution in [1.29, 1.82) is 0 Å². The Balaban J connectivity index is 1.86. The maximum atomic E-state index is 12.4. The molecule has 21 heavy (non-hydrogen) atoms. The van der Waals surface area contributed by atoms with Crippen molar-refractivity contribution in [1.82, 2.24) is 15.3 Å². The highest BCUT2D eigenvalue weighted by molar-refractivity contribution is 9.10. The molecule has 110 valence electrons. The van der Waals surface area contributed by atoms with Gasteiger partial charge in [-0.3, -0.25) is 9.78 Å². The lowest BCUT2D eigenvalue weighted by atomic mass is 9.87. The molecule has 2 aromatic heterocycles. The third-order valence-electron chi connectivity index (χ3n) is 4.35. The molecule has 0 spiro atoms. The molecule has 5 heteroatoms. The Labute approximate surface area is 132 Å². The molecule has 1 N–H and O–H groups in total. The Hall–Kier alpha value is -1.49. The lowest BCUT2D eigenvalue weighted by molar-refractivity contribution is 0.0905. The predicted molar refractivity (Wildman–Crippen MR) is 86.1 cm³/mol. The summed E-state index contributed by atoms with van der Waals surface area (Å²) in [6, 6.07) is 3.87. The Morgan fingerprint density at radius 3 is 2.90 bits per heavy atom. The number of nitrogens with zero attached hydrogens (tertiary/aromatic N) is 2. The van der Waals surface area contributed by atoms with E-state index >= 15 is 0 Å². The van der Waals surface area contributed by atoms with Gasteiger partial charge in [-0.2, -0.15) is 0 Å². The van der Waals surface area contributed by atoms with Crippen LogP contribution in [-0.4, -0.2) is 21.9 Å². The van der Waals surface area contributed by atoms with E-state index in [0.29, 0.717) is 5.69 Å². The molecule has 0 aromatic carbocycles. The van der Waals surface area contributed by atoms with Crippen molar-refractivity contribution in [3.05, 3.63) is 34.7 Å². The van der Waals surface area contributed by atoms with E-state index in [1.165, 1.54) is 6.42 Å². The van der Waals surface area contributed by atoms with Gasteiger partial charge in [0, 0.05) is 23.8 Å². The van der Waals surface area contributed by atoms with Crippen molar-refractivity contribution in [3.63, 3.8) is 0 Å². The van der Waals surface area contributed by atoms with Gasteiger partial charge < -0.3 is 5.32 Å². The molecule has 0 saturated heterocycles. The number of fused-ring (bicyclic) bond motifs is 1. The molecule has 4 nitrogen and oxygen atoms in total. The highest BCUT2D eigenvalue weighted by atomic mass is 79.9. The van der Waals surface area contributed by atoms with Crippen LogP contribution < -0.4 is 5.32 Å². The van der Waals surface area contributed by atoms with Gasteiger partial charge in [-0.15, -0.1) is 0 Å². The molecule has 1 aliphatic rings. The standard InChI is InChI=1S/C16H18BrN3O/c1-16(2)7-3-4-13(16)20-15(21)12-6-5-10-8-18-9-11(17)14(10)19-12/h5-6,8-9,13H,3-4,7H2,1-2H3,(H,20,21). The number of rotatable bonds is 2. The molecular weight excluding hydrogens is 330 g/mol. The Morgan fingerprint density at radius 2 is 2.19 bits per heavy atom. The van der Waals surface area contributed by atoms with Gasteiger partial charge in [-0.05, 0) is 46.3 Å². The van der Waals surface area contributed by atoms with E-state index < -0.39 is 0 Å². The molecule has 1 unspecified atom stereocenters. The van der Waals surface area contributed by atoms with E-state index in [2.05, 4.69) is 45.1 Å². The molecular formula is C16H18BrN3O. The second-order valence-electron chi connectivity index (χ2n) is 6.30. The average Bonchev–Trinajstić information content (AvgIpc) is 2.78. The lowest BCUT2D eigenvalue weighted by Gasteiger charge is -2.27. The van der Waals surface area contributed by atoms with Crippen molar-refractivity contribution in [2.24, 2.45) is 5.41 Å². The summed E-state index contributed by atoms with van der Waals surface area (Å²) >= 11 is 3.43. The fourth-order valence-electron chi connectivity index (χ4n) is 2.96. The first-order chi connectivity index (χ1) is 9.97. The number of amides is 1. The minimum absolute atomic E-state index is 0.0967. The van der Waals surface area contributed by atoms with Crippen LogP contribution in [0.2, 0.25) is 0 Å². The molecule has 1 saturated carbocycles. The zero-order valence-corrected chi connectivity index (χ0v) is 13.8. The summed E-state index contributed by atoms with van der Waals surface area (Å²) in [7, 11) is 0. The number of hydrogen-bond acceptors (Lipinski definition) is 3. The first-order valence-corrected chi connectivity index (χ1v) is 7.98. The van der Waals surface area contributed by atoms with E-state index in [0.717, 1.165) is 28.2 Å². The number of aromatic nitrogens is 2. The van der Waals surface area contributed by atoms with Gasteiger partial charge in [0.2, 0.25) is 0 Å². The molecule has 1 aliphatic carbocycles. The van der Waals surface area contributed by atoms with Gasteiger partial charge in [0.1, 0.15) is 5.69 Å².